The highest BCUT2D eigenvalue weighted by Crippen LogP contribution is 2.66. The molecule has 0 bridgehead atoms. The fourth-order valence-electron chi connectivity index (χ4n) is 6.67. The minimum atomic E-state index is -1.94. The number of hydrogen-bond donors (Lipinski definition) is 1. The fourth-order valence-corrected chi connectivity index (χ4v) is 8.36. The number of anilines is 1. The van der Waals surface area contributed by atoms with Crippen LogP contribution in [0.5, 0.6) is 5.75 Å². The molecule has 6 atom stereocenters. The average Bonchev–Trinajstić information content (AvgIpc) is 3.23. The number of carbonyl (C=O) groups excluding carboxylic acids is 4. The number of hydrogen-bond acceptors (Lipinski definition) is 5. The molecule has 2 aliphatic heterocycles. The predicted octanol–water partition coefficient (Wildman–Crippen LogP) is 5.07. The van der Waals surface area contributed by atoms with E-state index in [1.165, 1.54) is 11.0 Å². The SMILES string of the molecule is O=C1C2CC=C3C(CC4(Cl)C(=O)N(CBr)C(=O)C4(Cl)C3c3ccccc3O)C2C(=O)N1c1ccc(Br)cc1. The molecule has 6 unspecified atom stereocenters. The Morgan fingerprint density at radius 3 is 2.29 bits per heavy atom. The lowest BCUT2D eigenvalue weighted by molar-refractivity contribution is -0.138. The number of alkyl halides is 3. The first-order valence-electron chi connectivity index (χ1n) is 12.0. The number of nitrogens with zero attached hydrogens (tertiary/aromatic N) is 2. The van der Waals surface area contributed by atoms with Crippen molar-refractivity contribution in [2.24, 2.45) is 17.8 Å². The lowest BCUT2D eigenvalue weighted by atomic mass is 9.56. The van der Waals surface area contributed by atoms with E-state index in [1.807, 2.05) is 6.08 Å². The summed E-state index contributed by atoms with van der Waals surface area (Å²) in [6.07, 6.45) is 2.00. The smallest absolute Gasteiger partial charge is 0.254 e. The highest BCUT2D eigenvalue weighted by Gasteiger charge is 2.76. The van der Waals surface area contributed by atoms with E-state index in [1.54, 1.807) is 42.5 Å². The minimum Gasteiger partial charge on any atom is -0.508 e. The quantitative estimate of drug-likeness (QED) is 0.211. The van der Waals surface area contributed by atoms with E-state index in [-0.39, 0.29) is 35.9 Å². The molecule has 0 spiro atoms. The molecule has 7 nitrogen and oxygen atoms in total. The van der Waals surface area contributed by atoms with Gasteiger partial charge in [0.15, 0.2) is 9.75 Å². The first kappa shape index (κ1) is 26.0. The van der Waals surface area contributed by atoms with Crippen LogP contribution in [0.4, 0.5) is 5.69 Å². The molecule has 2 aliphatic carbocycles. The molecule has 6 rings (SSSR count). The molecule has 4 amide bonds. The molecular weight excluding hydrogens is 663 g/mol. The number of para-hydroxylation sites is 1. The molecule has 1 N–H and O–H groups in total. The van der Waals surface area contributed by atoms with Crippen molar-refractivity contribution >= 4 is 84.4 Å². The second-order valence-electron chi connectivity index (χ2n) is 10.0. The Balaban J connectivity index is 1.52. The summed E-state index contributed by atoms with van der Waals surface area (Å²) in [5.74, 6) is -5.23. The molecule has 196 valence electrons. The number of halogens is 4. The topological polar surface area (TPSA) is 95.0 Å². The molecular formula is C27H20Br2Cl2N2O5. The Kier molecular flexibility index (Phi) is 6.11. The van der Waals surface area contributed by atoms with Gasteiger partial charge in [0.2, 0.25) is 11.8 Å². The summed E-state index contributed by atoms with van der Waals surface area (Å²) in [6, 6.07) is 13.3. The van der Waals surface area contributed by atoms with Crippen LogP contribution in [0.15, 0.2) is 64.7 Å². The number of carbonyl (C=O) groups is 4. The van der Waals surface area contributed by atoms with Gasteiger partial charge in [-0.2, -0.15) is 0 Å². The Labute approximate surface area is 245 Å². The summed E-state index contributed by atoms with van der Waals surface area (Å²) in [7, 11) is 0. The summed E-state index contributed by atoms with van der Waals surface area (Å²) in [5, 5.41) is 10.9. The molecule has 2 heterocycles. The van der Waals surface area contributed by atoms with Crippen molar-refractivity contribution in [3.8, 4) is 5.75 Å². The molecule has 2 aromatic rings. The maximum atomic E-state index is 13.9. The van der Waals surface area contributed by atoms with Crippen molar-refractivity contribution < 1.29 is 24.3 Å². The van der Waals surface area contributed by atoms with Gasteiger partial charge in [-0.25, -0.2) is 0 Å². The van der Waals surface area contributed by atoms with Crippen molar-refractivity contribution in [2.75, 3.05) is 10.4 Å². The highest BCUT2D eigenvalue weighted by atomic mass is 79.9. The number of rotatable bonds is 3. The molecule has 0 aromatic heterocycles. The number of phenolic OH excluding ortho intramolecular Hbond substituents is 1. The normalized spacial score (nSPS) is 34.3. The third-order valence-corrected chi connectivity index (χ3v) is 10.8. The maximum absolute atomic E-state index is 13.9. The van der Waals surface area contributed by atoms with Crippen LogP contribution >= 0.6 is 55.1 Å². The average molecular weight is 683 g/mol. The van der Waals surface area contributed by atoms with E-state index in [9.17, 15) is 24.3 Å². The Morgan fingerprint density at radius 1 is 0.947 bits per heavy atom. The Morgan fingerprint density at radius 2 is 1.63 bits per heavy atom. The van der Waals surface area contributed by atoms with Crippen LogP contribution in [-0.4, -0.2) is 48.8 Å². The third kappa shape index (κ3) is 3.25. The Hall–Kier alpha value is -2.20. The third-order valence-electron chi connectivity index (χ3n) is 8.35. The Bertz CT molecular complexity index is 1450. The molecule has 3 fully saturated rings. The number of aromatic hydroxyl groups is 1. The number of amides is 4. The van der Waals surface area contributed by atoms with Crippen molar-refractivity contribution in [1.29, 1.82) is 0 Å². The zero-order valence-corrected chi connectivity index (χ0v) is 24.3. The molecule has 11 heteroatoms. The van der Waals surface area contributed by atoms with Crippen LogP contribution in [-0.2, 0) is 19.2 Å². The number of allylic oxidation sites excluding steroid dienone is 2. The zero-order chi connectivity index (χ0) is 27.1. The lowest BCUT2D eigenvalue weighted by Gasteiger charge is -2.50. The minimum absolute atomic E-state index is 0.101. The number of imide groups is 2. The van der Waals surface area contributed by atoms with Gasteiger partial charge >= 0.3 is 0 Å². The van der Waals surface area contributed by atoms with Crippen LogP contribution in [0.3, 0.4) is 0 Å². The second-order valence-corrected chi connectivity index (χ2v) is 12.7. The number of likely N-dealkylation sites (tertiary alicyclic amines) is 1. The predicted molar refractivity (Wildman–Crippen MR) is 148 cm³/mol. The maximum Gasteiger partial charge on any atom is 0.254 e. The van der Waals surface area contributed by atoms with Crippen molar-refractivity contribution in [3.05, 3.63) is 70.2 Å². The highest BCUT2D eigenvalue weighted by molar-refractivity contribution is 9.10. The zero-order valence-electron chi connectivity index (χ0n) is 19.6. The van der Waals surface area contributed by atoms with Gasteiger partial charge < -0.3 is 5.11 Å². The van der Waals surface area contributed by atoms with E-state index in [2.05, 4.69) is 31.9 Å². The largest absolute Gasteiger partial charge is 0.508 e. The second kappa shape index (κ2) is 8.91. The molecule has 1 saturated carbocycles. The van der Waals surface area contributed by atoms with Gasteiger partial charge in [0, 0.05) is 16.0 Å². The lowest BCUT2D eigenvalue weighted by Crippen LogP contribution is -2.60. The van der Waals surface area contributed by atoms with Crippen LogP contribution in [0.1, 0.15) is 24.3 Å². The van der Waals surface area contributed by atoms with Gasteiger partial charge in [-0.3, -0.25) is 29.0 Å². The molecule has 38 heavy (non-hydrogen) atoms. The number of benzene rings is 2. The van der Waals surface area contributed by atoms with Gasteiger partial charge in [-0.1, -0.05) is 61.7 Å². The van der Waals surface area contributed by atoms with E-state index >= 15 is 0 Å². The number of phenols is 1. The van der Waals surface area contributed by atoms with Gasteiger partial charge in [0.1, 0.15) is 5.75 Å². The van der Waals surface area contributed by atoms with E-state index in [0.717, 1.165) is 9.37 Å². The summed E-state index contributed by atoms with van der Waals surface area (Å²) in [6.45, 7) is 0. The van der Waals surface area contributed by atoms with E-state index in [4.69, 9.17) is 23.2 Å². The first-order valence-corrected chi connectivity index (χ1v) is 14.6. The first-order chi connectivity index (χ1) is 18.1. The standard InChI is InChI=1S/C27H20Br2Cl2N2O5/c28-12-32-24(37)26(30)11-18-15(21(27(26,31)25(32)38)16-3-1-2-4-19(16)34)9-10-17-20(18)23(36)33(22(17)35)14-7-5-13(29)6-8-14/h1-9,17-18,20-21,34H,10-12H2. The van der Waals surface area contributed by atoms with Crippen LogP contribution < -0.4 is 4.90 Å². The molecule has 4 aliphatic rings. The summed E-state index contributed by atoms with van der Waals surface area (Å²) >= 11 is 20.9. The summed E-state index contributed by atoms with van der Waals surface area (Å²) < 4.78 is 0.808. The van der Waals surface area contributed by atoms with Crippen molar-refractivity contribution in [3.63, 3.8) is 0 Å². The van der Waals surface area contributed by atoms with Crippen LogP contribution in [0.25, 0.3) is 0 Å². The summed E-state index contributed by atoms with van der Waals surface area (Å²) in [5.41, 5.74) is 1.32. The van der Waals surface area contributed by atoms with Gasteiger partial charge in [-0.05, 0) is 49.1 Å². The number of fused-ring (bicyclic) bond motifs is 4. The summed E-state index contributed by atoms with van der Waals surface area (Å²) in [4.78, 5) is 53.1. The van der Waals surface area contributed by atoms with Crippen molar-refractivity contribution in [2.45, 2.75) is 28.5 Å². The van der Waals surface area contributed by atoms with E-state index in [0.29, 0.717) is 16.8 Å². The van der Waals surface area contributed by atoms with Gasteiger partial charge in [0.05, 0.1) is 23.0 Å². The molecule has 0 radical (unpaired) electrons. The monoisotopic (exact) mass is 680 g/mol. The fraction of sp³-hybridized carbons (Fsp3) is 0.333. The van der Waals surface area contributed by atoms with Crippen LogP contribution in [0, 0.1) is 17.8 Å². The van der Waals surface area contributed by atoms with Crippen LogP contribution in [0.2, 0.25) is 0 Å². The van der Waals surface area contributed by atoms with E-state index < -0.39 is 45.2 Å². The van der Waals surface area contributed by atoms with Gasteiger partial charge in [0.25, 0.3) is 11.8 Å². The van der Waals surface area contributed by atoms with Crippen molar-refractivity contribution in [1.82, 2.24) is 4.90 Å². The molecule has 2 saturated heterocycles. The molecule has 2 aromatic carbocycles. The van der Waals surface area contributed by atoms with Gasteiger partial charge in [-0.15, -0.1) is 23.2 Å².